The molecule has 2 aromatic rings. The number of nitrogens with zero attached hydrogens (tertiary/aromatic N) is 4. The summed E-state index contributed by atoms with van der Waals surface area (Å²) in [4.78, 5) is 28.7. The second-order valence-corrected chi connectivity index (χ2v) is 7.89. The van der Waals surface area contributed by atoms with Crippen LogP contribution in [0.2, 0.25) is 0 Å². The molecule has 0 radical (unpaired) electrons. The minimum atomic E-state index is -0.343. The zero-order valence-corrected chi connectivity index (χ0v) is 17.3. The number of fused-ring (bicyclic) bond motifs is 1. The van der Waals surface area contributed by atoms with E-state index in [1.165, 1.54) is 24.3 Å². The topological polar surface area (TPSA) is 67.7 Å². The van der Waals surface area contributed by atoms with Crippen LogP contribution in [0.3, 0.4) is 0 Å². The fourth-order valence-corrected chi connectivity index (χ4v) is 4.20. The van der Waals surface area contributed by atoms with Gasteiger partial charge in [-0.2, -0.15) is 5.10 Å². The van der Waals surface area contributed by atoms with Gasteiger partial charge < -0.3 is 14.5 Å². The van der Waals surface area contributed by atoms with Gasteiger partial charge >= 0.3 is 0 Å². The van der Waals surface area contributed by atoms with Gasteiger partial charge in [0.1, 0.15) is 11.6 Å². The quantitative estimate of drug-likeness (QED) is 0.726. The van der Waals surface area contributed by atoms with Crippen molar-refractivity contribution in [2.24, 2.45) is 7.05 Å². The number of carbonyl (C=O) groups excluding carboxylic acids is 2. The Kier molecular flexibility index (Phi) is 6.01. The Morgan fingerprint density at radius 3 is 2.53 bits per heavy atom. The molecule has 2 aliphatic heterocycles. The van der Waals surface area contributed by atoms with Crippen molar-refractivity contribution in [3.05, 3.63) is 47.0 Å². The molecule has 7 nitrogen and oxygen atoms in total. The van der Waals surface area contributed by atoms with E-state index >= 15 is 0 Å². The first-order chi connectivity index (χ1) is 14.5. The lowest BCUT2D eigenvalue weighted by atomic mass is 10.0. The maximum absolute atomic E-state index is 13.0. The third-order valence-corrected chi connectivity index (χ3v) is 5.89. The number of likely N-dealkylation sites (tertiary alicyclic amines) is 1. The van der Waals surface area contributed by atoms with Crippen LogP contribution in [0.1, 0.15) is 36.2 Å². The molecule has 1 aromatic carbocycles. The molecule has 1 fully saturated rings. The van der Waals surface area contributed by atoms with Gasteiger partial charge in [0.2, 0.25) is 5.91 Å². The van der Waals surface area contributed by atoms with Gasteiger partial charge in [-0.15, -0.1) is 0 Å². The van der Waals surface area contributed by atoms with Crippen LogP contribution in [-0.2, 0) is 36.0 Å². The van der Waals surface area contributed by atoms with E-state index in [4.69, 9.17) is 4.74 Å². The summed E-state index contributed by atoms with van der Waals surface area (Å²) < 4.78 is 20.4. The molecule has 0 atom stereocenters. The number of halogens is 1. The minimum absolute atomic E-state index is 0.0932. The summed E-state index contributed by atoms with van der Waals surface area (Å²) >= 11 is 0. The van der Waals surface area contributed by atoms with Crippen LogP contribution >= 0.6 is 0 Å². The van der Waals surface area contributed by atoms with E-state index in [0.717, 1.165) is 49.3 Å². The van der Waals surface area contributed by atoms with Crippen molar-refractivity contribution in [1.82, 2.24) is 19.6 Å². The molecule has 160 valence electrons. The van der Waals surface area contributed by atoms with Crippen molar-refractivity contribution in [2.45, 2.75) is 38.6 Å². The van der Waals surface area contributed by atoms with Crippen molar-refractivity contribution in [3.63, 3.8) is 0 Å². The van der Waals surface area contributed by atoms with Gasteiger partial charge in [-0.25, -0.2) is 4.39 Å². The van der Waals surface area contributed by atoms with E-state index in [1.807, 2.05) is 16.6 Å². The van der Waals surface area contributed by atoms with Crippen LogP contribution in [0, 0.1) is 5.82 Å². The zero-order valence-electron chi connectivity index (χ0n) is 17.3. The molecule has 30 heavy (non-hydrogen) atoms. The summed E-state index contributed by atoms with van der Waals surface area (Å²) in [6.45, 7) is 2.70. The Morgan fingerprint density at radius 2 is 1.80 bits per heavy atom. The molecule has 0 spiro atoms. The second-order valence-electron chi connectivity index (χ2n) is 7.89. The van der Waals surface area contributed by atoms with Crippen LogP contribution in [-0.4, -0.2) is 57.6 Å². The summed E-state index contributed by atoms with van der Waals surface area (Å²) in [5.41, 5.74) is 3.08. The molecular weight excluding hydrogens is 387 g/mol. The lowest BCUT2D eigenvalue weighted by Crippen LogP contribution is -2.39. The van der Waals surface area contributed by atoms with Gasteiger partial charge in [-0.1, -0.05) is 0 Å². The third kappa shape index (κ3) is 4.47. The van der Waals surface area contributed by atoms with Crippen molar-refractivity contribution in [1.29, 1.82) is 0 Å². The van der Waals surface area contributed by atoms with E-state index in [0.29, 0.717) is 31.7 Å². The summed E-state index contributed by atoms with van der Waals surface area (Å²) in [7, 11) is 1.92. The molecule has 2 aliphatic rings. The van der Waals surface area contributed by atoms with Gasteiger partial charge in [0.25, 0.3) is 5.91 Å². The average Bonchev–Trinajstić information content (AvgIpc) is 3.40. The highest BCUT2D eigenvalue weighted by Gasteiger charge is 2.27. The average molecular weight is 414 g/mol. The highest BCUT2D eigenvalue weighted by molar-refractivity contribution is 5.78. The zero-order chi connectivity index (χ0) is 21.1. The number of hydrogen-bond donors (Lipinski definition) is 0. The monoisotopic (exact) mass is 414 g/mol. The molecule has 1 aromatic heterocycles. The fourth-order valence-electron chi connectivity index (χ4n) is 4.20. The first kappa shape index (κ1) is 20.4. The SMILES string of the molecule is Cn1nc(CCC(=O)N2CCCC2)c2c1CCN(C(=O)COc1ccc(F)cc1)C2. The molecule has 0 N–H and O–H groups in total. The van der Waals surface area contributed by atoms with Crippen molar-refractivity contribution in [2.75, 3.05) is 26.2 Å². The molecule has 0 bridgehead atoms. The van der Waals surface area contributed by atoms with Gasteiger partial charge in [-0.05, 0) is 37.1 Å². The van der Waals surface area contributed by atoms with Crippen molar-refractivity contribution >= 4 is 11.8 Å². The van der Waals surface area contributed by atoms with E-state index < -0.39 is 0 Å². The van der Waals surface area contributed by atoms with Gasteiger partial charge in [0.15, 0.2) is 6.61 Å². The highest BCUT2D eigenvalue weighted by Crippen LogP contribution is 2.24. The Labute approximate surface area is 175 Å². The van der Waals surface area contributed by atoms with Crippen LogP contribution in [0.15, 0.2) is 24.3 Å². The Hall–Kier alpha value is -2.90. The lowest BCUT2D eigenvalue weighted by molar-refractivity contribution is -0.134. The summed E-state index contributed by atoms with van der Waals surface area (Å²) in [5, 5.41) is 4.63. The first-order valence-electron chi connectivity index (χ1n) is 10.5. The number of benzene rings is 1. The summed E-state index contributed by atoms with van der Waals surface area (Å²) in [5.74, 6) is 0.186. The molecule has 0 unspecified atom stereocenters. The van der Waals surface area contributed by atoms with Gasteiger partial charge in [0, 0.05) is 63.7 Å². The normalized spacial score (nSPS) is 15.9. The highest BCUT2D eigenvalue weighted by atomic mass is 19.1. The predicted octanol–water partition coefficient (Wildman–Crippen LogP) is 2.08. The van der Waals surface area contributed by atoms with E-state index in [-0.39, 0.29) is 24.2 Å². The van der Waals surface area contributed by atoms with E-state index in [9.17, 15) is 14.0 Å². The first-order valence-corrected chi connectivity index (χ1v) is 10.5. The standard InChI is InChI=1S/C22H27FN4O3/c1-25-20-10-13-27(22(29)15-30-17-6-4-16(23)5-7-17)14-18(20)19(24-25)8-9-21(28)26-11-2-3-12-26/h4-7H,2-3,8-15H2,1H3. The van der Waals surface area contributed by atoms with Crippen LogP contribution < -0.4 is 4.74 Å². The minimum Gasteiger partial charge on any atom is -0.484 e. The largest absolute Gasteiger partial charge is 0.484 e. The number of aryl methyl sites for hydroxylation is 2. The Bertz CT molecular complexity index is 919. The molecule has 1 saturated heterocycles. The molecule has 3 heterocycles. The number of carbonyl (C=O) groups is 2. The van der Waals surface area contributed by atoms with Crippen LogP contribution in [0.5, 0.6) is 5.75 Å². The maximum Gasteiger partial charge on any atom is 0.260 e. The molecular formula is C22H27FN4O3. The molecule has 0 aliphatic carbocycles. The van der Waals surface area contributed by atoms with Crippen LogP contribution in [0.25, 0.3) is 0 Å². The molecule has 2 amide bonds. The fraction of sp³-hybridized carbons (Fsp3) is 0.500. The molecule has 8 heteroatoms. The Morgan fingerprint density at radius 1 is 1.07 bits per heavy atom. The van der Waals surface area contributed by atoms with E-state index in [2.05, 4.69) is 5.10 Å². The van der Waals surface area contributed by atoms with Crippen LogP contribution in [0.4, 0.5) is 4.39 Å². The third-order valence-electron chi connectivity index (χ3n) is 5.89. The maximum atomic E-state index is 13.0. The number of rotatable bonds is 6. The number of hydrogen-bond acceptors (Lipinski definition) is 4. The smallest absolute Gasteiger partial charge is 0.260 e. The van der Waals surface area contributed by atoms with Crippen molar-refractivity contribution < 1.29 is 18.7 Å². The molecule has 4 rings (SSSR count). The molecule has 0 saturated carbocycles. The number of ether oxygens (including phenoxy) is 1. The summed E-state index contributed by atoms with van der Waals surface area (Å²) in [6, 6.07) is 5.62. The predicted molar refractivity (Wildman–Crippen MR) is 108 cm³/mol. The van der Waals surface area contributed by atoms with Crippen molar-refractivity contribution in [3.8, 4) is 5.75 Å². The van der Waals surface area contributed by atoms with Gasteiger partial charge in [0.05, 0.1) is 5.69 Å². The second kappa shape index (κ2) is 8.85. The summed E-state index contributed by atoms with van der Waals surface area (Å²) in [6.07, 6.45) is 3.93. The van der Waals surface area contributed by atoms with E-state index in [1.54, 1.807) is 4.90 Å². The Balaban J connectivity index is 1.36. The lowest BCUT2D eigenvalue weighted by Gasteiger charge is -2.27. The number of aromatic nitrogens is 2. The van der Waals surface area contributed by atoms with Gasteiger partial charge in [-0.3, -0.25) is 14.3 Å². The number of amides is 2.